The van der Waals surface area contributed by atoms with Crippen LogP contribution in [0.2, 0.25) is 0 Å². The lowest BCUT2D eigenvalue weighted by molar-refractivity contribution is 0.0594. The molecule has 0 spiro atoms. The van der Waals surface area contributed by atoms with Crippen LogP contribution in [0.15, 0.2) is 23.2 Å². The number of halogens is 1. The number of carbonyl (C=O) groups excluding carboxylic acids is 1. The summed E-state index contributed by atoms with van der Waals surface area (Å²) >= 11 is 0. The Morgan fingerprint density at radius 1 is 1.28 bits per heavy atom. The van der Waals surface area contributed by atoms with Crippen molar-refractivity contribution in [2.75, 3.05) is 46.4 Å². The van der Waals surface area contributed by atoms with E-state index in [9.17, 15) is 13.2 Å². The third-order valence-electron chi connectivity index (χ3n) is 4.56. The van der Waals surface area contributed by atoms with E-state index < -0.39 is 16.0 Å². The van der Waals surface area contributed by atoms with Gasteiger partial charge in [-0.15, -0.1) is 12.4 Å². The Morgan fingerprint density at radius 3 is 2.60 bits per heavy atom. The number of piperazine rings is 1. The Labute approximate surface area is 154 Å². The van der Waals surface area contributed by atoms with Gasteiger partial charge < -0.3 is 10.1 Å². The molecule has 0 bridgehead atoms. The average molecular weight is 391 g/mol. The number of carbonyl (C=O) groups is 1. The van der Waals surface area contributed by atoms with Gasteiger partial charge in [-0.2, -0.15) is 4.31 Å². The zero-order chi connectivity index (χ0) is 17.2. The first kappa shape index (κ1) is 20.1. The number of ether oxygens (including phenoxy) is 1. The average Bonchev–Trinajstić information content (AvgIpc) is 3.13. The van der Waals surface area contributed by atoms with Crippen LogP contribution in [0, 0.1) is 0 Å². The highest BCUT2D eigenvalue weighted by Crippen LogP contribution is 2.23. The van der Waals surface area contributed by atoms with Gasteiger partial charge in [0.25, 0.3) is 0 Å². The number of hydrogen-bond donors (Lipinski definition) is 1. The number of esters is 1. The smallest absolute Gasteiger partial charge is 0.356 e. The molecule has 1 aromatic rings. The number of methoxy groups -OCH3 is 1. The van der Waals surface area contributed by atoms with Gasteiger partial charge in [0.1, 0.15) is 10.6 Å². The fourth-order valence-electron chi connectivity index (χ4n) is 3.18. The first-order valence-corrected chi connectivity index (χ1v) is 9.45. The molecule has 3 rings (SSSR count). The summed E-state index contributed by atoms with van der Waals surface area (Å²) in [5.74, 6) is -0.584. The fraction of sp³-hybridized carbons (Fsp3) is 0.600. The molecular weight excluding hydrogens is 368 g/mol. The highest BCUT2D eigenvalue weighted by Gasteiger charge is 2.35. The number of hydrogen-bond acceptors (Lipinski definition) is 7. The van der Waals surface area contributed by atoms with Crippen molar-refractivity contribution < 1.29 is 17.9 Å². The normalized spacial score (nSPS) is 22.4. The topological polar surface area (TPSA) is 91.8 Å². The van der Waals surface area contributed by atoms with E-state index in [1.807, 2.05) is 0 Å². The highest BCUT2D eigenvalue weighted by molar-refractivity contribution is 7.89. The summed E-state index contributed by atoms with van der Waals surface area (Å²) in [6.07, 6.45) is 2.06. The minimum atomic E-state index is -3.58. The van der Waals surface area contributed by atoms with Gasteiger partial charge in [0.05, 0.1) is 7.11 Å². The molecule has 8 nitrogen and oxygen atoms in total. The van der Waals surface area contributed by atoms with Crippen molar-refractivity contribution in [2.24, 2.45) is 0 Å². The number of nitrogens with one attached hydrogen (secondary N) is 1. The third-order valence-corrected chi connectivity index (χ3v) is 6.41. The predicted octanol–water partition coefficient (Wildman–Crippen LogP) is -0.0418. The SMILES string of the molecule is COC(=O)c1ccc(S(=O)(=O)N2CCC(N3CCNCC3)C2)cn1.Cl. The number of sulfonamides is 1. The molecule has 0 saturated carbocycles. The van der Waals surface area contributed by atoms with E-state index in [1.54, 1.807) is 0 Å². The van der Waals surface area contributed by atoms with Crippen LogP contribution >= 0.6 is 12.4 Å². The molecular formula is C15H23ClN4O4S. The quantitative estimate of drug-likeness (QED) is 0.721. The zero-order valence-electron chi connectivity index (χ0n) is 14.1. The second kappa shape index (κ2) is 8.41. The summed E-state index contributed by atoms with van der Waals surface area (Å²) in [7, 11) is -2.32. The van der Waals surface area contributed by atoms with E-state index >= 15 is 0 Å². The van der Waals surface area contributed by atoms with Crippen LogP contribution in [0.5, 0.6) is 0 Å². The van der Waals surface area contributed by atoms with Gasteiger partial charge in [0, 0.05) is 51.5 Å². The molecule has 25 heavy (non-hydrogen) atoms. The van der Waals surface area contributed by atoms with Crippen LogP contribution in [0.3, 0.4) is 0 Å². The largest absolute Gasteiger partial charge is 0.464 e. The van der Waals surface area contributed by atoms with Crippen LogP contribution in [-0.2, 0) is 14.8 Å². The van der Waals surface area contributed by atoms with E-state index in [0.717, 1.165) is 32.6 Å². The van der Waals surface area contributed by atoms with Crippen molar-refractivity contribution in [1.82, 2.24) is 19.5 Å². The molecule has 1 atom stereocenters. The summed E-state index contributed by atoms with van der Waals surface area (Å²) in [6.45, 7) is 4.81. The number of pyridine rings is 1. The van der Waals surface area contributed by atoms with Crippen LogP contribution in [0.25, 0.3) is 0 Å². The van der Waals surface area contributed by atoms with Gasteiger partial charge in [-0.3, -0.25) is 4.90 Å². The van der Waals surface area contributed by atoms with Crippen LogP contribution in [0.4, 0.5) is 0 Å². The molecule has 1 unspecified atom stereocenters. The van der Waals surface area contributed by atoms with Gasteiger partial charge in [-0.05, 0) is 18.6 Å². The Balaban J connectivity index is 0.00000225. The zero-order valence-corrected chi connectivity index (χ0v) is 15.7. The number of rotatable bonds is 4. The molecule has 2 fully saturated rings. The minimum Gasteiger partial charge on any atom is -0.464 e. The Morgan fingerprint density at radius 2 is 2.00 bits per heavy atom. The third kappa shape index (κ3) is 4.29. The van der Waals surface area contributed by atoms with E-state index in [4.69, 9.17) is 0 Å². The maximum Gasteiger partial charge on any atom is 0.356 e. The van der Waals surface area contributed by atoms with Crippen molar-refractivity contribution in [3.05, 3.63) is 24.0 Å². The molecule has 0 amide bonds. The predicted molar refractivity (Wildman–Crippen MR) is 94.4 cm³/mol. The number of nitrogens with zero attached hydrogens (tertiary/aromatic N) is 3. The van der Waals surface area contributed by atoms with Crippen molar-refractivity contribution in [3.63, 3.8) is 0 Å². The second-order valence-corrected chi connectivity index (χ2v) is 7.90. The molecule has 1 N–H and O–H groups in total. The first-order valence-electron chi connectivity index (χ1n) is 8.01. The molecule has 2 aliphatic heterocycles. The molecule has 140 valence electrons. The molecule has 2 saturated heterocycles. The first-order chi connectivity index (χ1) is 11.5. The Hall–Kier alpha value is -1.26. The second-order valence-electron chi connectivity index (χ2n) is 5.96. The van der Waals surface area contributed by atoms with Gasteiger partial charge in [0.2, 0.25) is 10.0 Å². The van der Waals surface area contributed by atoms with E-state index in [0.29, 0.717) is 13.1 Å². The van der Waals surface area contributed by atoms with Crippen LogP contribution in [-0.4, -0.2) is 81.0 Å². The van der Waals surface area contributed by atoms with Crippen molar-refractivity contribution >= 4 is 28.4 Å². The van der Waals surface area contributed by atoms with Crippen LogP contribution < -0.4 is 5.32 Å². The standard InChI is InChI=1S/C15H22N4O4S.ClH/c1-23-15(20)14-3-2-13(10-17-14)24(21,22)19-7-4-12(11-19)18-8-5-16-6-9-18;/h2-3,10,12,16H,4-9,11H2,1H3;1H. The lowest BCUT2D eigenvalue weighted by Gasteiger charge is -2.32. The van der Waals surface area contributed by atoms with Gasteiger partial charge >= 0.3 is 5.97 Å². The van der Waals surface area contributed by atoms with Crippen molar-refractivity contribution in [3.8, 4) is 0 Å². The minimum absolute atomic E-state index is 0. The Kier molecular flexibility index (Phi) is 6.75. The van der Waals surface area contributed by atoms with Gasteiger partial charge in [-0.25, -0.2) is 18.2 Å². The molecule has 1 aromatic heterocycles. The summed E-state index contributed by atoms with van der Waals surface area (Å²) < 4.78 is 31.6. The molecule has 3 heterocycles. The summed E-state index contributed by atoms with van der Waals surface area (Å²) in [5, 5.41) is 3.31. The molecule has 0 radical (unpaired) electrons. The van der Waals surface area contributed by atoms with Crippen LogP contribution in [0.1, 0.15) is 16.9 Å². The van der Waals surface area contributed by atoms with Crippen molar-refractivity contribution in [2.45, 2.75) is 17.4 Å². The van der Waals surface area contributed by atoms with Gasteiger partial charge in [0.15, 0.2) is 0 Å². The van der Waals surface area contributed by atoms with E-state index in [-0.39, 0.29) is 29.0 Å². The Bertz CT molecular complexity index is 692. The summed E-state index contributed by atoms with van der Waals surface area (Å²) in [4.78, 5) is 17.7. The molecule has 2 aliphatic rings. The number of aromatic nitrogens is 1. The van der Waals surface area contributed by atoms with E-state index in [1.165, 1.54) is 29.7 Å². The van der Waals surface area contributed by atoms with Gasteiger partial charge in [-0.1, -0.05) is 0 Å². The maximum atomic E-state index is 12.8. The molecule has 0 aromatic carbocycles. The lowest BCUT2D eigenvalue weighted by Crippen LogP contribution is -2.49. The summed E-state index contributed by atoms with van der Waals surface area (Å²) in [5.41, 5.74) is 0.0940. The maximum absolute atomic E-state index is 12.8. The summed E-state index contributed by atoms with van der Waals surface area (Å²) in [6, 6.07) is 3.05. The fourth-order valence-corrected chi connectivity index (χ4v) is 4.62. The molecule has 0 aliphatic carbocycles. The van der Waals surface area contributed by atoms with E-state index in [2.05, 4.69) is 19.9 Å². The monoisotopic (exact) mass is 390 g/mol. The lowest BCUT2D eigenvalue weighted by atomic mass is 10.2. The van der Waals surface area contributed by atoms with Crippen molar-refractivity contribution in [1.29, 1.82) is 0 Å². The molecule has 10 heteroatoms. The highest BCUT2D eigenvalue weighted by atomic mass is 35.5.